The fourth-order valence-electron chi connectivity index (χ4n) is 2.66. The quantitative estimate of drug-likeness (QED) is 0.483. The highest BCUT2D eigenvalue weighted by Gasteiger charge is 2.21. The molecule has 1 atom stereocenters. The maximum absolute atomic E-state index is 13.5. The number of thiophene rings is 1. The van der Waals surface area contributed by atoms with Gasteiger partial charge in [0.1, 0.15) is 11.9 Å². The monoisotopic (exact) mass is 363 g/mol. The first-order valence-corrected chi connectivity index (χ1v) is 9.83. The Morgan fingerprint density at radius 1 is 1.28 bits per heavy atom. The number of rotatable bonds is 9. The molecule has 1 aromatic carbocycles. The van der Waals surface area contributed by atoms with E-state index in [0.29, 0.717) is 6.54 Å². The van der Waals surface area contributed by atoms with Crippen LogP contribution in [0.1, 0.15) is 51.5 Å². The fraction of sp³-hybridized carbons (Fsp3) is 0.450. The minimum atomic E-state index is -0.369. The first kappa shape index (κ1) is 19.4. The molecule has 0 fully saturated rings. The smallest absolute Gasteiger partial charge is 0.414 e. The molecule has 2 aromatic rings. The predicted octanol–water partition coefficient (Wildman–Crippen LogP) is 6.39. The van der Waals surface area contributed by atoms with Crippen LogP contribution in [-0.2, 0) is 11.3 Å². The molecule has 1 amide bonds. The number of amides is 1. The van der Waals surface area contributed by atoms with Gasteiger partial charge in [0, 0.05) is 5.38 Å². The van der Waals surface area contributed by atoms with Gasteiger partial charge in [-0.25, -0.2) is 9.18 Å². The van der Waals surface area contributed by atoms with Crippen molar-refractivity contribution in [1.29, 1.82) is 0 Å². The molecule has 0 saturated heterocycles. The van der Waals surface area contributed by atoms with E-state index >= 15 is 0 Å². The molecule has 0 N–H and O–H groups in total. The van der Waals surface area contributed by atoms with Crippen molar-refractivity contribution in [2.75, 3.05) is 4.90 Å². The third kappa shape index (κ3) is 6.16. The first-order valence-electron chi connectivity index (χ1n) is 8.88. The van der Waals surface area contributed by atoms with Crippen molar-refractivity contribution in [2.45, 2.75) is 58.6 Å². The van der Waals surface area contributed by atoms with Gasteiger partial charge in [0.05, 0.1) is 12.2 Å². The van der Waals surface area contributed by atoms with Gasteiger partial charge >= 0.3 is 6.09 Å². The number of nitrogens with zero attached hydrogens (tertiary/aromatic N) is 1. The minimum absolute atomic E-state index is 0.0762. The Hall–Kier alpha value is -1.88. The van der Waals surface area contributed by atoms with E-state index in [4.69, 9.17) is 4.74 Å². The number of benzene rings is 1. The van der Waals surface area contributed by atoms with Gasteiger partial charge in [0.25, 0.3) is 0 Å². The summed E-state index contributed by atoms with van der Waals surface area (Å²) in [6.07, 6.45) is 4.58. The third-order valence-corrected chi connectivity index (χ3v) is 4.79. The molecule has 1 heterocycles. The average molecular weight is 363 g/mol. The summed E-state index contributed by atoms with van der Waals surface area (Å²) in [6, 6.07) is 8.20. The Balaban J connectivity index is 2.08. The lowest BCUT2D eigenvalue weighted by molar-refractivity contribution is 0.0944. The number of halogens is 1. The number of anilines is 1. The lowest BCUT2D eigenvalue weighted by Crippen LogP contribution is -2.33. The van der Waals surface area contributed by atoms with Gasteiger partial charge in [-0.3, -0.25) is 4.90 Å². The largest absolute Gasteiger partial charge is 0.446 e. The lowest BCUT2D eigenvalue weighted by Gasteiger charge is -2.24. The van der Waals surface area contributed by atoms with E-state index in [1.54, 1.807) is 11.0 Å². The second-order valence-electron chi connectivity index (χ2n) is 6.11. The Kier molecular flexibility index (Phi) is 7.92. The summed E-state index contributed by atoms with van der Waals surface area (Å²) in [5.41, 5.74) is 1.52. The summed E-state index contributed by atoms with van der Waals surface area (Å²) in [5.74, 6) is -0.304. The van der Waals surface area contributed by atoms with Crippen LogP contribution in [0.2, 0.25) is 0 Å². The van der Waals surface area contributed by atoms with Crippen LogP contribution in [0.15, 0.2) is 41.1 Å². The lowest BCUT2D eigenvalue weighted by atomic mass is 10.1. The molecule has 0 saturated carbocycles. The van der Waals surface area contributed by atoms with Crippen LogP contribution in [0, 0.1) is 5.82 Å². The first-order chi connectivity index (χ1) is 12.1. The highest BCUT2D eigenvalue weighted by molar-refractivity contribution is 7.08. The number of unbranched alkanes of at least 4 members (excludes halogenated alkanes) is 2. The number of carbonyl (C=O) groups excluding carboxylic acids is 1. The zero-order valence-electron chi connectivity index (χ0n) is 14.9. The fourth-order valence-corrected chi connectivity index (χ4v) is 3.31. The predicted molar refractivity (Wildman–Crippen MR) is 102 cm³/mol. The molecule has 1 unspecified atom stereocenters. The zero-order chi connectivity index (χ0) is 18.1. The molecule has 136 valence electrons. The van der Waals surface area contributed by atoms with Gasteiger partial charge in [0.15, 0.2) is 0 Å². The van der Waals surface area contributed by atoms with Crippen molar-refractivity contribution >= 4 is 23.1 Å². The van der Waals surface area contributed by atoms with Gasteiger partial charge in [0.2, 0.25) is 0 Å². The van der Waals surface area contributed by atoms with Gasteiger partial charge < -0.3 is 4.74 Å². The molecule has 0 aliphatic carbocycles. The van der Waals surface area contributed by atoms with E-state index in [2.05, 4.69) is 6.92 Å². The van der Waals surface area contributed by atoms with E-state index in [1.165, 1.54) is 23.5 Å². The maximum Gasteiger partial charge on any atom is 0.414 e. The van der Waals surface area contributed by atoms with Crippen LogP contribution in [-0.4, -0.2) is 12.2 Å². The number of carbonyl (C=O) groups is 1. The molecule has 0 aliphatic heterocycles. The normalized spacial score (nSPS) is 12.0. The van der Waals surface area contributed by atoms with Crippen molar-refractivity contribution < 1.29 is 13.9 Å². The third-order valence-electron chi connectivity index (χ3n) is 4.12. The Morgan fingerprint density at radius 3 is 2.76 bits per heavy atom. The van der Waals surface area contributed by atoms with Crippen LogP contribution >= 0.6 is 11.3 Å². The molecule has 0 aliphatic rings. The Labute approximate surface area is 153 Å². The second kappa shape index (κ2) is 10.2. The van der Waals surface area contributed by atoms with Crippen LogP contribution in [0.3, 0.4) is 0 Å². The van der Waals surface area contributed by atoms with Crippen molar-refractivity contribution in [1.82, 2.24) is 0 Å². The van der Waals surface area contributed by atoms with Crippen molar-refractivity contribution in [3.63, 3.8) is 0 Å². The number of hydrogen-bond donors (Lipinski definition) is 0. The molecule has 1 aromatic heterocycles. The average Bonchev–Trinajstić information content (AvgIpc) is 3.13. The molecule has 2 rings (SSSR count). The van der Waals surface area contributed by atoms with Crippen LogP contribution in [0.5, 0.6) is 0 Å². The van der Waals surface area contributed by atoms with Crippen molar-refractivity contribution in [3.05, 3.63) is 52.5 Å². The van der Waals surface area contributed by atoms with E-state index in [-0.39, 0.29) is 18.0 Å². The topological polar surface area (TPSA) is 29.5 Å². The highest BCUT2D eigenvalue weighted by atomic mass is 32.1. The van der Waals surface area contributed by atoms with Crippen LogP contribution < -0.4 is 4.90 Å². The van der Waals surface area contributed by atoms with E-state index in [1.807, 2.05) is 29.8 Å². The Bertz CT molecular complexity index is 645. The van der Waals surface area contributed by atoms with Crippen molar-refractivity contribution in [2.24, 2.45) is 0 Å². The molecule has 5 heteroatoms. The van der Waals surface area contributed by atoms with Crippen LogP contribution in [0.25, 0.3) is 0 Å². The molecule has 25 heavy (non-hydrogen) atoms. The van der Waals surface area contributed by atoms with E-state index in [0.717, 1.165) is 43.4 Å². The van der Waals surface area contributed by atoms with Crippen molar-refractivity contribution in [3.8, 4) is 0 Å². The van der Waals surface area contributed by atoms with Crippen LogP contribution in [0.4, 0.5) is 14.9 Å². The number of ether oxygens (including phenoxy) is 1. The molecule has 0 radical (unpaired) electrons. The van der Waals surface area contributed by atoms with Gasteiger partial charge in [-0.2, -0.15) is 11.3 Å². The maximum atomic E-state index is 13.5. The summed E-state index contributed by atoms with van der Waals surface area (Å²) < 4.78 is 19.2. The second-order valence-corrected chi connectivity index (χ2v) is 6.89. The molecule has 0 bridgehead atoms. The van der Waals surface area contributed by atoms with Gasteiger partial charge in [-0.05, 0) is 48.4 Å². The molecule has 0 spiro atoms. The molecule has 3 nitrogen and oxygen atoms in total. The molecular formula is C20H26FNO2S. The minimum Gasteiger partial charge on any atom is -0.446 e. The number of hydrogen-bond acceptors (Lipinski definition) is 3. The summed E-state index contributed by atoms with van der Waals surface area (Å²) >= 11 is 1.52. The summed E-state index contributed by atoms with van der Waals surface area (Å²) in [5, 5.41) is 3.82. The summed E-state index contributed by atoms with van der Waals surface area (Å²) in [7, 11) is 0. The summed E-state index contributed by atoms with van der Waals surface area (Å²) in [4.78, 5) is 14.3. The van der Waals surface area contributed by atoms with E-state index < -0.39 is 0 Å². The molecular weight excluding hydrogens is 337 g/mol. The highest BCUT2D eigenvalue weighted by Crippen LogP contribution is 2.23. The van der Waals surface area contributed by atoms with Gasteiger partial charge in [-0.1, -0.05) is 38.8 Å². The standard InChI is InChI=1S/C20H26FNO2S/c1-3-5-6-10-19(4-2)24-20(23)22(18-11-12-25-15-18)14-16-8-7-9-17(21)13-16/h7-9,11-13,15,19H,3-6,10,14H2,1-2H3. The zero-order valence-corrected chi connectivity index (χ0v) is 15.7. The summed E-state index contributed by atoms with van der Waals surface area (Å²) in [6.45, 7) is 4.48. The van der Waals surface area contributed by atoms with E-state index in [9.17, 15) is 9.18 Å². The Morgan fingerprint density at radius 2 is 2.12 bits per heavy atom. The SMILES string of the molecule is CCCCCC(CC)OC(=O)N(Cc1cccc(F)c1)c1ccsc1. The van der Waals surface area contributed by atoms with Gasteiger partial charge in [-0.15, -0.1) is 0 Å².